The molecule has 5 rings (SSSR count). The van der Waals surface area contributed by atoms with Crippen molar-refractivity contribution in [1.29, 1.82) is 0 Å². The summed E-state index contributed by atoms with van der Waals surface area (Å²) in [5, 5.41) is 16.1. The minimum atomic E-state index is -0.629. The van der Waals surface area contributed by atoms with Crippen molar-refractivity contribution < 1.29 is 14.4 Å². The quantitative estimate of drug-likeness (QED) is 0.305. The third-order valence-corrected chi connectivity index (χ3v) is 5.39. The van der Waals surface area contributed by atoms with Crippen molar-refractivity contribution >= 4 is 41.0 Å². The average molecular weight is 453 g/mol. The summed E-state index contributed by atoms with van der Waals surface area (Å²) in [6, 6.07) is 13.4. The summed E-state index contributed by atoms with van der Waals surface area (Å²) < 4.78 is 1.54. The molecule has 0 saturated carbocycles. The van der Waals surface area contributed by atoms with Gasteiger partial charge in [0.05, 0.1) is 18.0 Å². The molecule has 1 unspecified atom stereocenters. The molecule has 168 valence electrons. The van der Waals surface area contributed by atoms with Crippen LogP contribution in [0.15, 0.2) is 72.1 Å². The summed E-state index contributed by atoms with van der Waals surface area (Å²) in [6.45, 7) is 0. The molecule has 4 aromatic rings. The topological polar surface area (TPSA) is 134 Å². The Hall–Kier alpha value is -4.86. The number of fused-ring (bicyclic) bond motifs is 1. The summed E-state index contributed by atoms with van der Waals surface area (Å²) in [5.74, 6) is -0.874. The third-order valence-electron chi connectivity index (χ3n) is 5.39. The Morgan fingerprint density at radius 1 is 1.12 bits per heavy atom. The average Bonchev–Trinajstić information content (AvgIpc) is 3.57. The third kappa shape index (κ3) is 4.11. The number of amides is 2. The number of hydrogen-bond acceptors (Lipinski definition) is 6. The van der Waals surface area contributed by atoms with Crippen LogP contribution in [0.4, 0.5) is 17.2 Å². The maximum absolute atomic E-state index is 13.2. The molecule has 0 bridgehead atoms. The fourth-order valence-corrected chi connectivity index (χ4v) is 3.70. The molecule has 1 aliphatic heterocycles. The zero-order valence-electron chi connectivity index (χ0n) is 18.0. The van der Waals surface area contributed by atoms with Crippen LogP contribution in [0.2, 0.25) is 0 Å². The van der Waals surface area contributed by atoms with Crippen molar-refractivity contribution in [1.82, 2.24) is 20.0 Å². The van der Waals surface area contributed by atoms with E-state index in [1.165, 1.54) is 17.1 Å². The molecule has 0 aliphatic carbocycles. The summed E-state index contributed by atoms with van der Waals surface area (Å²) in [4.78, 5) is 42.3. The van der Waals surface area contributed by atoms with E-state index in [0.717, 1.165) is 0 Å². The number of carbonyl (C=O) groups excluding carboxylic acids is 3. The second-order valence-electron chi connectivity index (χ2n) is 7.76. The van der Waals surface area contributed by atoms with Crippen LogP contribution >= 0.6 is 0 Å². The predicted octanol–water partition coefficient (Wildman–Crippen LogP) is 3.06. The number of H-pyrrole nitrogens is 1. The van der Waals surface area contributed by atoms with Gasteiger partial charge >= 0.3 is 0 Å². The summed E-state index contributed by atoms with van der Waals surface area (Å²) in [6.07, 6.45) is 6.17. The van der Waals surface area contributed by atoms with Crippen molar-refractivity contribution in [3.63, 3.8) is 0 Å². The largest absolute Gasteiger partial charge is 0.325 e. The van der Waals surface area contributed by atoms with Gasteiger partial charge in [0.2, 0.25) is 5.91 Å². The van der Waals surface area contributed by atoms with Gasteiger partial charge in [0.1, 0.15) is 11.7 Å². The van der Waals surface area contributed by atoms with Crippen LogP contribution in [0, 0.1) is 0 Å². The Balaban J connectivity index is 1.38. The Morgan fingerprint density at radius 2 is 1.97 bits per heavy atom. The minimum Gasteiger partial charge on any atom is -0.325 e. The Labute approximate surface area is 193 Å². The first kappa shape index (κ1) is 21.0. The van der Waals surface area contributed by atoms with E-state index in [1.807, 2.05) is 0 Å². The van der Waals surface area contributed by atoms with E-state index in [0.29, 0.717) is 39.4 Å². The van der Waals surface area contributed by atoms with Crippen molar-refractivity contribution in [3.8, 4) is 0 Å². The molecular formula is C24H19N7O3. The maximum atomic E-state index is 13.2. The van der Waals surface area contributed by atoms with E-state index in [4.69, 9.17) is 0 Å². The number of aromatic amines is 1. The lowest BCUT2D eigenvalue weighted by atomic mass is 9.96. The number of anilines is 2. The first-order valence-corrected chi connectivity index (χ1v) is 10.4. The number of benzene rings is 2. The molecule has 3 N–H and O–H groups in total. The molecule has 10 heteroatoms. The second-order valence-corrected chi connectivity index (χ2v) is 7.76. The van der Waals surface area contributed by atoms with Crippen LogP contribution in [0.3, 0.4) is 0 Å². The molecule has 1 aliphatic rings. The van der Waals surface area contributed by atoms with Crippen LogP contribution in [0.25, 0.3) is 0 Å². The fraction of sp³-hybridized carbons (Fsp3) is 0.0833. The predicted molar refractivity (Wildman–Crippen MR) is 126 cm³/mol. The van der Waals surface area contributed by atoms with Gasteiger partial charge in [-0.15, -0.1) is 0 Å². The number of aryl methyl sites for hydroxylation is 1. The van der Waals surface area contributed by atoms with Crippen LogP contribution < -0.4 is 10.6 Å². The smallest absolute Gasteiger partial charge is 0.258 e. The molecule has 1 atom stereocenters. The van der Waals surface area contributed by atoms with Gasteiger partial charge in [-0.2, -0.15) is 10.2 Å². The number of nitrogens with zero attached hydrogens (tertiary/aromatic N) is 4. The van der Waals surface area contributed by atoms with Crippen molar-refractivity contribution in [2.75, 3.05) is 10.6 Å². The monoisotopic (exact) mass is 453 g/mol. The number of hydrogen-bond donors (Lipinski definition) is 3. The van der Waals surface area contributed by atoms with Gasteiger partial charge in [-0.1, -0.05) is 12.1 Å². The lowest BCUT2D eigenvalue weighted by molar-refractivity contribution is -0.115. The van der Waals surface area contributed by atoms with Crippen molar-refractivity contribution in [3.05, 3.63) is 89.4 Å². The van der Waals surface area contributed by atoms with Gasteiger partial charge < -0.3 is 10.6 Å². The van der Waals surface area contributed by atoms with Crippen LogP contribution in [-0.2, 0) is 11.8 Å². The van der Waals surface area contributed by atoms with E-state index in [2.05, 4.69) is 30.9 Å². The minimum absolute atomic E-state index is 0.219. The molecule has 34 heavy (non-hydrogen) atoms. The molecule has 0 spiro atoms. The van der Waals surface area contributed by atoms with E-state index < -0.39 is 5.92 Å². The van der Waals surface area contributed by atoms with Crippen molar-refractivity contribution in [2.24, 2.45) is 12.0 Å². The first-order valence-electron chi connectivity index (χ1n) is 10.4. The van der Waals surface area contributed by atoms with E-state index in [1.54, 1.807) is 68.0 Å². The summed E-state index contributed by atoms with van der Waals surface area (Å²) in [5.41, 5.74) is 3.04. The standard InChI is InChI=1S/C24H19N7O3/c1-31-13-16(11-27-31)23(33)28-17-4-2-3-14(9-17)22(32)15-5-6-20-18(10-15)19(24(34)29-20)12-25-21-7-8-26-30-21/h2-13,19H,1H3,(H,26,30)(H,28,33)(H,29,34). The molecule has 0 saturated heterocycles. The van der Waals surface area contributed by atoms with Crippen molar-refractivity contribution in [2.45, 2.75) is 5.92 Å². The van der Waals surface area contributed by atoms with Crippen LogP contribution in [-0.4, -0.2) is 43.8 Å². The second kappa shape index (κ2) is 8.58. The molecule has 0 radical (unpaired) electrons. The number of aliphatic imine (C=N–C) groups is 1. The van der Waals surface area contributed by atoms with Crippen LogP contribution in [0.1, 0.15) is 37.8 Å². The van der Waals surface area contributed by atoms with E-state index in [9.17, 15) is 14.4 Å². The Kier molecular flexibility index (Phi) is 5.30. The number of rotatable bonds is 6. The number of carbonyl (C=O) groups is 3. The number of aromatic nitrogens is 4. The maximum Gasteiger partial charge on any atom is 0.258 e. The van der Waals surface area contributed by atoms with E-state index in [-0.39, 0.29) is 17.6 Å². The Morgan fingerprint density at radius 3 is 2.74 bits per heavy atom. The number of ketones is 1. The lowest BCUT2D eigenvalue weighted by Crippen LogP contribution is -2.13. The molecule has 0 fully saturated rings. The zero-order chi connectivity index (χ0) is 23.7. The highest BCUT2D eigenvalue weighted by atomic mass is 16.2. The highest BCUT2D eigenvalue weighted by Crippen LogP contribution is 2.33. The molecule has 10 nitrogen and oxygen atoms in total. The molecule has 2 amide bonds. The van der Waals surface area contributed by atoms with Gasteiger partial charge in [-0.3, -0.25) is 24.2 Å². The first-order chi connectivity index (χ1) is 16.5. The Bertz CT molecular complexity index is 1440. The van der Waals surface area contributed by atoms with Gasteiger partial charge in [-0.25, -0.2) is 4.99 Å². The normalized spacial score (nSPS) is 14.7. The van der Waals surface area contributed by atoms with Gasteiger partial charge in [-0.05, 0) is 35.9 Å². The highest BCUT2D eigenvalue weighted by Gasteiger charge is 2.30. The van der Waals surface area contributed by atoms with E-state index >= 15 is 0 Å². The highest BCUT2D eigenvalue weighted by molar-refractivity contribution is 6.15. The molecular weight excluding hydrogens is 434 g/mol. The van der Waals surface area contributed by atoms with Gasteiger partial charge in [0.25, 0.3) is 5.91 Å². The van der Waals surface area contributed by atoms with Gasteiger partial charge in [0, 0.05) is 48.0 Å². The zero-order valence-corrected chi connectivity index (χ0v) is 18.0. The summed E-state index contributed by atoms with van der Waals surface area (Å²) in [7, 11) is 1.73. The number of nitrogens with one attached hydrogen (secondary N) is 3. The molecule has 2 aromatic heterocycles. The molecule has 2 aromatic carbocycles. The fourth-order valence-electron chi connectivity index (χ4n) is 3.70. The lowest BCUT2D eigenvalue weighted by Gasteiger charge is -2.08. The summed E-state index contributed by atoms with van der Waals surface area (Å²) >= 11 is 0. The molecule has 3 heterocycles. The SMILES string of the molecule is Cn1cc(C(=O)Nc2cccc(C(=O)c3ccc4c(c3)C(C=Nc3ccn[nH]3)C(=O)N4)c2)cn1. The van der Waals surface area contributed by atoms with Crippen LogP contribution in [0.5, 0.6) is 0 Å². The van der Waals surface area contributed by atoms with Gasteiger partial charge in [0.15, 0.2) is 5.78 Å².